The van der Waals surface area contributed by atoms with Gasteiger partial charge in [-0.1, -0.05) is 34.8 Å². The lowest BCUT2D eigenvalue weighted by Crippen LogP contribution is -2.25. The first-order chi connectivity index (χ1) is 13.8. The van der Waals surface area contributed by atoms with Crippen molar-refractivity contribution in [3.63, 3.8) is 0 Å². The summed E-state index contributed by atoms with van der Waals surface area (Å²) in [4.78, 5) is 29.6. The Bertz CT molecular complexity index is 1100. The van der Waals surface area contributed by atoms with E-state index in [-0.39, 0.29) is 32.8 Å². The Morgan fingerprint density at radius 2 is 1.90 bits per heavy atom. The standard InChI is InChI=1S/C18H13BrCl3N5O2/c1-2-23-17(28)10-6-9(20)7-12(22)15(10)25-18(29)13-8-14(19)26-27(13)16-11(21)4-3-5-24-16/h3-8H,2H2,1H3,(H,23,28)(H,25,29). The van der Waals surface area contributed by atoms with Crippen LogP contribution in [0.1, 0.15) is 27.8 Å². The summed E-state index contributed by atoms with van der Waals surface area (Å²) in [5.74, 6) is -0.717. The van der Waals surface area contributed by atoms with Gasteiger partial charge in [0.05, 0.1) is 21.3 Å². The highest BCUT2D eigenvalue weighted by molar-refractivity contribution is 9.10. The molecule has 0 atom stereocenters. The summed E-state index contributed by atoms with van der Waals surface area (Å²) in [6.07, 6.45) is 1.53. The molecule has 0 fully saturated rings. The van der Waals surface area contributed by atoms with E-state index >= 15 is 0 Å². The third kappa shape index (κ3) is 4.72. The third-order valence-corrected chi connectivity index (χ3v) is 4.93. The SMILES string of the molecule is CCNC(=O)c1cc(Cl)cc(Cl)c1NC(=O)c1cc(Br)nn1-c1ncccc1Cl. The Balaban J connectivity index is 2.03. The van der Waals surface area contributed by atoms with Gasteiger partial charge >= 0.3 is 0 Å². The van der Waals surface area contributed by atoms with Gasteiger partial charge < -0.3 is 10.6 Å². The third-order valence-electron chi connectivity index (χ3n) is 3.73. The van der Waals surface area contributed by atoms with Gasteiger partial charge in [-0.25, -0.2) is 9.67 Å². The number of pyridine rings is 1. The van der Waals surface area contributed by atoms with Crippen LogP contribution in [0.15, 0.2) is 41.1 Å². The molecule has 150 valence electrons. The Labute approximate surface area is 189 Å². The van der Waals surface area contributed by atoms with E-state index in [0.717, 1.165) is 0 Å². The van der Waals surface area contributed by atoms with Crippen LogP contribution in [-0.4, -0.2) is 33.1 Å². The first-order valence-corrected chi connectivity index (χ1v) is 10.2. The van der Waals surface area contributed by atoms with E-state index < -0.39 is 11.8 Å². The highest BCUT2D eigenvalue weighted by atomic mass is 79.9. The van der Waals surface area contributed by atoms with Crippen molar-refractivity contribution < 1.29 is 9.59 Å². The average Bonchev–Trinajstić information content (AvgIpc) is 3.05. The fraction of sp³-hybridized carbons (Fsp3) is 0.111. The molecule has 2 amide bonds. The number of rotatable bonds is 5. The second kappa shape index (κ2) is 9.13. The molecule has 0 radical (unpaired) electrons. The molecular formula is C18H13BrCl3N5O2. The summed E-state index contributed by atoms with van der Waals surface area (Å²) in [6, 6.07) is 7.65. The summed E-state index contributed by atoms with van der Waals surface area (Å²) in [6.45, 7) is 2.17. The van der Waals surface area contributed by atoms with Crippen molar-refractivity contribution in [1.29, 1.82) is 0 Å². The molecule has 2 heterocycles. The molecule has 3 aromatic rings. The maximum atomic E-state index is 13.0. The van der Waals surface area contributed by atoms with Crippen LogP contribution in [0.4, 0.5) is 5.69 Å². The normalized spacial score (nSPS) is 10.7. The molecule has 0 unspecified atom stereocenters. The Kier molecular flexibility index (Phi) is 6.79. The van der Waals surface area contributed by atoms with Crippen molar-refractivity contribution in [2.24, 2.45) is 0 Å². The van der Waals surface area contributed by atoms with Gasteiger partial charge in [0.25, 0.3) is 11.8 Å². The molecule has 11 heteroatoms. The number of halogens is 4. The highest BCUT2D eigenvalue weighted by Gasteiger charge is 2.22. The smallest absolute Gasteiger partial charge is 0.274 e. The molecule has 3 rings (SSSR count). The Hall–Kier alpha value is -2.13. The topological polar surface area (TPSA) is 88.9 Å². The lowest BCUT2D eigenvalue weighted by molar-refractivity contribution is 0.0956. The maximum Gasteiger partial charge on any atom is 0.274 e. The fourth-order valence-electron chi connectivity index (χ4n) is 2.52. The number of nitrogens with zero attached hydrogens (tertiary/aromatic N) is 3. The summed E-state index contributed by atoms with van der Waals surface area (Å²) >= 11 is 21.7. The second-order valence-corrected chi connectivity index (χ2v) is 7.76. The van der Waals surface area contributed by atoms with Gasteiger partial charge in [-0.15, -0.1) is 0 Å². The number of hydrogen-bond donors (Lipinski definition) is 2. The number of anilines is 1. The minimum atomic E-state index is -0.570. The van der Waals surface area contributed by atoms with E-state index in [0.29, 0.717) is 16.2 Å². The number of amides is 2. The van der Waals surface area contributed by atoms with Gasteiger partial charge in [-0.05, 0) is 47.1 Å². The lowest BCUT2D eigenvalue weighted by atomic mass is 10.1. The predicted molar refractivity (Wildman–Crippen MR) is 116 cm³/mol. The lowest BCUT2D eigenvalue weighted by Gasteiger charge is -2.14. The molecule has 29 heavy (non-hydrogen) atoms. The zero-order valence-electron chi connectivity index (χ0n) is 14.8. The van der Waals surface area contributed by atoms with Crippen LogP contribution in [0.5, 0.6) is 0 Å². The first-order valence-electron chi connectivity index (χ1n) is 8.26. The second-order valence-electron chi connectivity index (χ2n) is 5.70. The molecule has 0 spiro atoms. The molecule has 1 aromatic carbocycles. The van der Waals surface area contributed by atoms with Crippen molar-refractivity contribution in [3.8, 4) is 5.82 Å². The van der Waals surface area contributed by atoms with E-state index in [2.05, 4.69) is 36.6 Å². The van der Waals surface area contributed by atoms with Crippen molar-refractivity contribution in [2.45, 2.75) is 6.92 Å². The van der Waals surface area contributed by atoms with E-state index in [1.54, 1.807) is 19.1 Å². The molecule has 0 saturated heterocycles. The Morgan fingerprint density at radius 1 is 1.14 bits per heavy atom. The van der Waals surface area contributed by atoms with Gasteiger partial charge in [-0.2, -0.15) is 5.10 Å². The van der Waals surface area contributed by atoms with Crippen LogP contribution < -0.4 is 10.6 Å². The van der Waals surface area contributed by atoms with Crippen LogP contribution in [-0.2, 0) is 0 Å². The van der Waals surface area contributed by atoms with Gasteiger partial charge in [0.2, 0.25) is 0 Å². The van der Waals surface area contributed by atoms with Crippen LogP contribution in [0.3, 0.4) is 0 Å². The zero-order chi connectivity index (χ0) is 21.1. The monoisotopic (exact) mass is 515 g/mol. The largest absolute Gasteiger partial charge is 0.352 e. The number of benzene rings is 1. The van der Waals surface area contributed by atoms with Gasteiger partial charge in [-0.3, -0.25) is 9.59 Å². The van der Waals surface area contributed by atoms with Gasteiger partial charge in [0.1, 0.15) is 10.3 Å². The number of carbonyl (C=O) groups excluding carboxylic acids is 2. The summed E-state index contributed by atoms with van der Waals surface area (Å²) < 4.78 is 1.69. The number of aromatic nitrogens is 3. The van der Waals surface area contributed by atoms with Crippen LogP contribution in [0.2, 0.25) is 15.1 Å². The van der Waals surface area contributed by atoms with Gasteiger partial charge in [0, 0.05) is 23.8 Å². The summed E-state index contributed by atoms with van der Waals surface area (Å²) in [5, 5.41) is 10.2. The van der Waals surface area contributed by atoms with Crippen molar-refractivity contribution in [3.05, 3.63) is 67.5 Å². The fourth-order valence-corrected chi connectivity index (χ4v) is 3.64. The molecular weight excluding hydrogens is 504 g/mol. The highest BCUT2D eigenvalue weighted by Crippen LogP contribution is 2.31. The molecule has 7 nitrogen and oxygen atoms in total. The molecule has 2 aromatic heterocycles. The summed E-state index contributed by atoms with van der Waals surface area (Å²) in [7, 11) is 0. The molecule has 0 aliphatic heterocycles. The van der Waals surface area contributed by atoms with E-state index in [1.807, 2.05) is 0 Å². The van der Waals surface area contributed by atoms with E-state index in [4.69, 9.17) is 34.8 Å². The van der Waals surface area contributed by atoms with Crippen molar-refractivity contribution >= 4 is 68.2 Å². The summed E-state index contributed by atoms with van der Waals surface area (Å²) in [5.41, 5.74) is 0.395. The van der Waals surface area contributed by atoms with Crippen LogP contribution >= 0.6 is 50.7 Å². The predicted octanol–water partition coefficient (Wildman–Crippen LogP) is 4.99. The van der Waals surface area contributed by atoms with Gasteiger partial charge in [0.15, 0.2) is 5.82 Å². The molecule has 2 N–H and O–H groups in total. The zero-order valence-corrected chi connectivity index (χ0v) is 18.7. The van der Waals surface area contributed by atoms with Crippen LogP contribution in [0, 0.1) is 0 Å². The number of carbonyl (C=O) groups is 2. The van der Waals surface area contributed by atoms with Crippen LogP contribution in [0.25, 0.3) is 5.82 Å². The maximum absolute atomic E-state index is 13.0. The minimum absolute atomic E-state index is 0.119. The van der Waals surface area contributed by atoms with Crippen molar-refractivity contribution in [2.75, 3.05) is 11.9 Å². The molecule has 0 saturated carbocycles. The van der Waals surface area contributed by atoms with Crippen molar-refractivity contribution in [1.82, 2.24) is 20.1 Å². The first kappa shape index (κ1) is 21.6. The van der Waals surface area contributed by atoms with E-state index in [9.17, 15) is 9.59 Å². The minimum Gasteiger partial charge on any atom is -0.352 e. The van der Waals surface area contributed by atoms with E-state index in [1.165, 1.54) is 29.1 Å². The molecule has 0 aliphatic carbocycles. The quantitative estimate of drug-likeness (QED) is 0.499. The Morgan fingerprint density at radius 3 is 2.59 bits per heavy atom. The average molecular weight is 518 g/mol. The number of nitrogens with one attached hydrogen (secondary N) is 2. The molecule has 0 aliphatic rings. The number of hydrogen-bond acceptors (Lipinski definition) is 4. The molecule has 0 bridgehead atoms.